The first kappa shape index (κ1) is 12.7. The van der Waals surface area contributed by atoms with E-state index >= 15 is 0 Å². The molecule has 2 fully saturated rings. The van der Waals surface area contributed by atoms with Crippen LogP contribution in [0.4, 0.5) is 0 Å². The van der Waals surface area contributed by atoms with Crippen molar-refractivity contribution in [3.63, 3.8) is 0 Å². The van der Waals surface area contributed by atoms with Gasteiger partial charge in [0.15, 0.2) is 0 Å². The highest BCUT2D eigenvalue weighted by molar-refractivity contribution is 7.98. The fourth-order valence-corrected chi connectivity index (χ4v) is 3.37. The first-order valence-corrected chi connectivity index (χ1v) is 8.09. The standard InChI is InChI=1S/C13H26N2S/c1-10(6-7-16-3)15-9-13(12-4-5-12)14-8-11(15)2/h10-14H,4-9H2,1-3H3. The van der Waals surface area contributed by atoms with Gasteiger partial charge in [0.25, 0.3) is 0 Å². The van der Waals surface area contributed by atoms with E-state index < -0.39 is 0 Å². The van der Waals surface area contributed by atoms with Gasteiger partial charge < -0.3 is 5.32 Å². The molecule has 2 aliphatic rings. The molecule has 0 aromatic rings. The number of nitrogens with one attached hydrogen (secondary N) is 1. The number of hydrogen-bond donors (Lipinski definition) is 1. The molecule has 2 rings (SSSR count). The van der Waals surface area contributed by atoms with Crippen LogP contribution in [0.25, 0.3) is 0 Å². The molecule has 0 spiro atoms. The molecule has 1 saturated carbocycles. The lowest BCUT2D eigenvalue weighted by atomic mass is 10.0. The zero-order valence-electron chi connectivity index (χ0n) is 10.9. The third-order valence-electron chi connectivity index (χ3n) is 4.15. The highest BCUT2D eigenvalue weighted by Crippen LogP contribution is 2.34. The Balaban J connectivity index is 1.84. The minimum atomic E-state index is 0.715. The second kappa shape index (κ2) is 5.74. The molecule has 3 unspecified atom stereocenters. The van der Waals surface area contributed by atoms with Crippen LogP contribution in [0, 0.1) is 5.92 Å². The van der Waals surface area contributed by atoms with E-state index in [1.807, 2.05) is 11.8 Å². The first-order chi connectivity index (χ1) is 7.72. The topological polar surface area (TPSA) is 15.3 Å². The lowest BCUT2D eigenvalue weighted by molar-refractivity contribution is 0.0911. The smallest absolute Gasteiger partial charge is 0.0224 e. The van der Waals surface area contributed by atoms with Crippen LogP contribution in [0.2, 0.25) is 0 Å². The van der Waals surface area contributed by atoms with Crippen molar-refractivity contribution in [1.29, 1.82) is 0 Å². The Morgan fingerprint density at radius 3 is 2.81 bits per heavy atom. The molecular formula is C13H26N2S. The summed E-state index contributed by atoms with van der Waals surface area (Å²) in [5.41, 5.74) is 0. The lowest BCUT2D eigenvalue weighted by Crippen LogP contribution is -2.58. The molecule has 0 aromatic heterocycles. The van der Waals surface area contributed by atoms with Crippen LogP contribution in [0.3, 0.4) is 0 Å². The van der Waals surface area contributed by atoms with Gasteiger partial charge in [0.2, 0.25) is 0 Å². The number of nitrogens with zero attached hydrogens (tertiary/aromatic N) is 1. The summed E-state index contributed by atoms with van der Waals surface area (Å²) >= 11 is 1.97. The molecule has 1 N–H and O–H groups in total. The van der Waals surface area contributed by atoms with Crippen LogP contribution in [-0.2, 0) is 0 Å². The van der Waals surface area contributed by atoms with E-state index in [2.05, 4.69) is 30.3 Å². The van der Waals surface area contributed by atoms with Crippen molar-refractivity contribution < 1.29 is 0 Å². The van der Waals surface area contributed by atoms with Crippen LogP contribution < -0.4 is 5.32 Å². The van der Waals surface area contributed by atoms with Crippen LogP contribution in [0.1, 0.15) is 33.1 Å². The summed E-state index contributed by atoms with van der Waals surface area (Å²) in [7, 11) is 0. The van der Waals surface area contributed by atoms with Gasteiger partial charge in [-0.25, -0.2) is 0 Å². The number of rotatable bonds is 5. The SMILES string of the molecule is CSCCC(C)N1CC(C2CC2)NCC1C. The molecule has 0 amide bonds. The zero-order chi connectivity index (χ0) is 11.5. The molecule has 1 aliphatic heterocycles. The Morgan fingerprint density at radius 1 is 1.44 bits per heavy atom. The first-order valence-electron chi connectivity index (χ1n) is 6.70. The maximum atomic E-state index is 3.72. The average molecular weight is 242 g/mol. The van der Waals surface area contributed by atoms with Gasteiger partial charge >= 0.3 is 0 Å². The Kier molecular flexibility index (Phi) is 4.57. The van der Waals surface area contributed by atoms with Crippen molar-refractivity contribution in [3.05, 3.63) is 0 Å². The minimum absolute atomic E-state index is 0.715. The van der Waals surface area contributed by atoms with Gasteiger partial charge in [-0.1, -0.05) is 0 Å². The molecule has 3 heteroatoms. The second-order valence-corrected chi connectivity index (χ2v) is 6.51. The van der Waals surface area contributed by atoms with Gasteiger partial charge in [0, 0.05) is 31.2 Å². The van der Waals surface area contributed by atoms with E-state index in [0.29, 0.717) is 6.04 Å². The predicted octanol–water partition coefficient (Wildman–Crippen LogP) is 2.20. The van der Waals surface area contributed by atoms with Gasteiger partial charge in [0.05, 0.1) is 0 Å². The highest BCUT2D eigenvalue weighted by Gasteiger charge is 2.37. The lowest BCUT2D eigenvalue weighted by Gasteiger charge is -2.42. The predicted molar refractivity (Wildman–Crippen MR) is 73.1 cm³/mol. The highest BCUT2D eigenvalue weighted by atomic mass is 32.2. The largest absolute Gasteiger partial charge is 0.311 e. The zero-order valence-corrected chi connectivity index (χ0v) is 11.7. The van der Waals surface area contributed by atoms with Gasteiger partial charge in [0.1, 0.15) is 0 Å². The van der Waals surface area contributed by atoms with E-state index in [0.717, 1.165) is 18.0 Å². The number of hydrogen-bond acceptors (Lipinski definition) is 3. The molecule has 0 aromatic carbocycles. The Hall–Kier alpha value is 0.270. The van der Waals surface area contributed by atoms with E-state index in [9.17, 15) is 0 Å². The molecule has 0 bridgehead atoms. The second-order valence-electron chi connectivity index (χ2n) is 5.53. The number of piperazine rings is 1. The summed E-state index contributed by atoms with van der Waals surface area (Å²) in [5.74, 6) is 2.29. The van der Waals surface area contributed by atoms with E-state index in [4.69, 9.17) is 0 Å². The summed E-state index contributed by atoms with van der Waals surface area (Å²) in [6.07, 6.45) is 6.46. The van der Waals surface area contributed by atoms with Crippen molar-refractivity contribution in [2.45, 2.75) is 51.2 Å². The molecule has 3 atom stereocenters. The maximum absolute atomic E-state index is 3.72. The third kappa shape index (κ3) is 3.14. The molecule has 94 valence electrons. The van der Waals surface area contributed by atoms with E-state index in [1.165, 1.54) is 38.1 Å². The minimum Gasteiger partial charge on any atom is -0.311 e. The number of thioether (sulfide) groups is 1. The fraction of sp³-hybridized carbons (Fsp3) is 1.00. The normalized spacial score (nSPS) is 33.9. The molecule has 16 heavy (non-hydrogen) atoms. The van der Waals surface area contributed by atoms with Gasteiger partial charge in [-0.3, -0.25) is 4.90 Å². The molecule has 1 heterocycles. The Morgan fingerprint density at radius 2 is 2.19 bits per heavy atom. The summed E-state index contributed by atoms with van der Waals surface area (Å²) in [5, 5.41) is 3.72. The molecular weight excluding hydrogens is 216 g/mol. The van der Waals surface area contributed by atoms with Crippen molar-refractivity contribution in [2.24, 2.45) is 5.92 Å². The summed E-state index contributed by atoms with van der Waals surface area (Å²) in [6.45, 7) is 7.24. The van der Waals surface area contributed by atoms with Crippen molar-refractivity contribution in [2.75, 3.05) is 25.1 Å². The van der Waals surface area contributed by atoms with Gasteiger partial charge in [-0.2, -0.15) is 11.8 Å². The molecule has 2 nitrogen and oxygen atoms in total. The molecule has 1 aliphatic carbocycles. The average Bonchev–Trinajstić information content (AvgIpc) is 3.10. The van der Waals surface area contributed by atoms with E-state index in [1.54, 1.807) is 0 Å². The van der Waals surface area contributed by atoms with Crippen LogP contribution in [-0.4, -0.2) is 48.1 Å². The maximum Gasteiger partial charge on any atom is 0.0224 e. The van der Waals surface area contributed by atoms with Crippen LogP contribution in [0.15, 0.2) is 0 Å². The Bertz CT molecular complexity index is 218. The fourth-order valence-electron chi connectivity index (χ4n) is 2.79. The van der Waals surface area contributed by atoms with Gasteiger partial charge in [-0.15, -0.1) is 0 Å². The molecule has 1 saturated heterocycles. The quantitative estimate of drug-likeness (QED) is 0.796. The van der Waals surface area contributed by atoms with Crippen molar-refractivity contribution in [1.82, 2.24) is 10.2 Å². The summed E-state index contributed by atoms with van der Waals surface area (Å²) in [4.78, 5) is 2.73. The summed E-state index contributed by atoms with van der Waals surface area (Å²) in [6, 6.07) is 2.26. The monoisotopic (exact) mass is 242 g/mol. The molecule has 0 radical (unpaired) electrons. The van der Waals surface area contributed by atoms with Crippen LogP contribution >= 0.6 is 11.8 Å². The van der Waals surface area contributed by atoms with Crippen molar-refractivity contribution in [3.8, 4) is 0 Å². The van der Waals surface area contributed by atoms with Crippen molar-refractivity contribution >= 4 is 11.8 Å². The van der Waals surface area contributed by atoms with Crippen LogP contribution in [0.5, 0.6) is 0 Å². The van der Waals surface area contributed by atoms with Gasteiger partial charge in [-0.05, 0) is 51.0 Å². The summed E-state index contributed by atoms with van der Waals surface area (Å²) < 4.78 is 0. The van der Waals surface area contributed by atoms with E-state index in [-0.39, 0.29) is 0 Å². The third-order valence-corrected chi connectivity index (χ3v) is 4.79. The Labute approximate surface area is 105 Å².